The van der Waals surface area contributed by atoms with E-state index in [1.54, 1.807) is 17.0 Å². The number of aryl methyl sites for hydroxylation is 2. The number of rotatable bonds is 4. The van der Waals surface area contributed by atoms with Gasteiger partial charge in [0.15, 0.2) is 0 Å². The molecule has 0 saturated heterocycles. The van der Waals surface area contributed by atoms with Crippen molar-refractivity contribution in [1.82, 2.24) is 0 Å². The Bertz CT molecular complexity index is 946. The Kier molecular flexibility index (Phi) is 6.06. The second-order valence-electron chi connectivity index (χ2n) is 9.12. The van der Waals surface area contributed by atoms with Crippen molar-refractivity contribution in [2.24, 2.45) is 11.3 Å². The Morgan fingerprint density at radius 1 is 1.07 bits per heavy atom. The van der Waals surface area contributed by atoms with Gasteiger partial charge in [0.25, 0.3) is 0 Å². The predicted octanol–water partition coefficient (Wildman–Crippen LogP) is 5.36. The van der Waals surface area contributed by atoms with E-state index in [-0.39, 0.29) is 18.5 Å². The Hall–Kier alpha value is -3.02. The number of fused-ring (bicyclic) bond motifs is 1. The van der Waals surface area contributed by atoms with Gasteiger partial charge in [-0.25, -0.2) is 4.79 Å². The number of benzene rings is 2. The van der Waals surface area contributed by atoms with E-state index in [0.717, 1.165) is 22.5 Å². The number of urea groups is 1. The summed E-state index contributed by atoms with van der Waals surface area (Å²) in [5.74, 6) is 0.957. The van der Waals surface area contributed by atoms with Crippen LogP contribution in [0.5, 0.6) is 5.75 Å². The number of ether oxygens (including phenoxy) is 1. The monoisotopic (exact) mass is 409 g/mol. The highest BCUT2D eigenvalue weighted by Gasteiger charge is 2.38. The molecule has 1 aliphatic heterocycles. The summed E-state index contributed by atoms with van der Waals surface area (Å²) in [4.78, 5) is 27.3. The van der Waals surface area contributed by atoms with Crippen molar-refractivity contribution in [2.75, 3.05) is 28.7 Å². The smallest absolute Gasteiger partial charge is 0.323 e. The van der Waals surface area contributed by atoms with E-state index in [1.807, 2.05) is 45.9 Å². The van der Waals surface area contributed by atoms with Crippen LogP contribution in [-0.2, 0) is 4.79 Å². The van der Waals surface area contributed by atoms with Gasteiger partial charge in [-0.3, -0.25) is 4.79 Å². The fourth-order valence-corrected chi connectivity index (χ4v) is 3.61. The summed E-state index contributed by atoms with van der Waals surface area (Å²) in [5.41, 5.74) is 3.63. The normalized spacial score (nSPS) is 15.3. The molecule has 6 heteroatoms. The molecule has 6 nitrogen and oxygen atoms in total. The first-order chi connectivity index (χ1) is 14.0. The molecule has 0 unspecified atom stereocenters. The number of amides is 3. The van der Waals surface area contributed by atoms with Crippen molar-refractivity contribution < 1.29 is 14.3 Å². The number of carbonyl (C=O) groups excluding carboxylic acids is 2. The van der Waals surface area contributed by atoms with Crippen LogP contribution in [0.25, 0.3) is 0 Å². The molecule has 0 bridgehead atoms. The highest BCUT2D eigenvalue weighted by Crippen LogP contribution is 2.38. The molecule has 2 aromatic rings. The minimum absolute atomic E-state index is 0.0446. The lowest BCUT2D eigenvalue weighted by molar-refractivity contribution is -0.127. The summed E-state index contributed by atoms with van der Waals surface area (Å²) >= 11 is 0. The van der Waals surface area contributed by atoms with Crippen LogP contribution in [0.3, 0.4) is 0 Å². The van der Waals surface area contributed by atoms with Gasteiger partial charge < -0.3 is 20.3 Å². The van der Waals surface area contributed by atoms with E-state index >= 15 is 0 Å². The SMILES string of the molecule is Cc1cc(C)cc(NC(=O)Nc2ccc3c(c2)OCC(C)(C)C(=O)N3CC(C)C)c1. The van der Waals surface area contributed by atoms with Crippen molar-refractivity contribution in [3.8, 4) is 5.75 Å². The van der Waals surface area contributed by atoms with E-state index in [9.17, 15) is 9.59 Å². The summed E-state index contributed by atoms with van der Waals surface area (Å²) in [7, 11) is 0. The van der Waals surface area contributed by atoms with Gasteiger partial charge in [0.05, 0.1) is 11.1 Å². The highest BCUT2D eigenvalue weighted by atomic mass is 16.5. The summed E-state index contributed by atoms with van der Waals surface area (Å²) in [6, 6.07) is 11.0. The topological polar surface area (TPSA) is 70.7 Å². The van der Waals surface area contributed by atoms with E-state index in [4.69, 9.17) is 4.74 Å². The molecular weight excluding hydrogens is 378 g/mol. The predicted molar refractivity (Wildman–Crippen MR) is 121 cm³/mol. The van der Waals surface area contributed by atoms with Gasteiger partial charge in [0.1, 0.15) is 12.4 Å². The fourth-order valence-electron chi connectivity index (χ4n) is 3.61. The molecule has 0 aromatic heterocycles. The van der Waals surface area contributed by atoms with E-state index < -0.39 is 5.41 Å². The molecule has 30 heavy (non-hydrogen) atoms. The maximum absolute atomic E-state index is 13.1. The number of carbonyl (C=O) groups is 2. The third-order valence-corrected chi connectivity index (χ3v) is 4.95. The maximum Gasteiger partial charge on any atom is 0.323 e. The second kappa shape index (κ2) is 8.38. The Morgan fingerprint density at radius 2 is 1.70 bits per heavy atom. The molecule has 3 amide bonds. The van der Waals surface area contributed by atoms with Gasteiger partial charge in [-0.2, -0.15) is 0 Å². The van der Waals surface area contributed by atoms with Crippen LogP contribution in [-0.4, -0.2) is 25.1 Å². The zero-order valence-corrected chi connectivity index (χ0v) is 18.6. The van der Waals surface area contributed by atoms with Crippen LogP contribution >= 0.6 is 0 Å². The zero-order chi connectivity index (χ0) is 22.1. The lowest BCUT2D eigenvalue weighted by Crippen LogP contribution is -2.43. The lowest BCUT2D eigenvalue weighted by Gasteiger charge is -2.29. The molecule has 0 atom stereocenters. The molecule has 1 heterocycles. The molecule has 2 N–H and O–H groups in total. The van der Waals surface area contributed by atoms with Gasteiger partial charge in [0.2, 0.25) is 5.91 Å². The Morgan fingerprint density at radius 3 is 2.33 bits per heavy atom. The molecule has 3 rings (SSSR count). The summed E-state index contributed by atoms with van der Waals surface area (Å²) in [6.07, 6.45) is 0. The Labute approximate surface area is 178 Å². The fraction of sp³-hybridized carbons (Fsp3) is 0.417. The van der Waals surface area contributed by atoms with Crippen molar-refractivity contribution in [2.45, 2.75) is 41.5 Å². The Balaban J connectivity index is 1.82. The highest BCUT2D eigenvalue weighted by molar-refractivity contribution is 6.02. The van der Waals surface area contributed by atoms with Crippen LogP contribution in [0.1, 0.15) is 38.8 Å². The second-order valence-corrected chi connectivity index (χ2v) is 9.12. The largest absolute Gasteiger partial charge is 0.490 e. The van der Waals surface area contributed by atoms with Crippen molar-refractivity contribution >= 4 is 29.0 Å². The lowest BCUT2D eigenvalue weighted by atomic mass is 9.92. The first-order valence-corrected chi connectivity index (χ1v) is 10.3. The van der Waals surface area contributed by atoms with Crippen molar-refractivity contribution in [3.63, 3.8) is 0 Å². The third kappa shape index (κ3) is 4.93. The molecule has 0 saturated carbocycles. The third-order valence-electron chi connectivity index (χ3n) is 4.95. The number of hydrogen-bond donors (Lipinski definition) is 2. The minimum Gasteiger partial charge on any atom is -0.490 e. The molecule has 0 fully saturated rings. The molecular formula is C24H31N3O3. The summed E-state index contributed by atoms with van der Waals surface area (Å²) in [6.45, 7) is 12.8. The zero-order valence-electron chi connectivity index (χ0n) is 18.6. The van der Waals surface area contributed by atoms with Gasteiger partial charge >= 0.3 is 6.03 Å². The minimum atomic E-state index is -0.623. The molecule has 160 valence electrons. The van der Waals surface area contributed by atoms with Gasteiger partial charge in [0, 0.05) is 24.0 Å². The van der Waals surface area contributed by atoms with Crippen LogP contribution in [0.2, 0.25) is 0 Å². The first kappa shape index (κ1) is 21.7. The van der Waals surface area contributed by atoms with Crippen LogP contribution in [0, 0.1) is 25.2 Å². The molecule has 2 aromatic carbocycles. The van der Waals surface area contributed by atoms with Crippen molar-refractivity contribution in [1.29, 1.82) is 0 Å². The van der Waals surface area contributed by atoms with Crippen LogP contribution < -0.4 is 20.3 Å². The van der Waals surface area contributed by atoms with Crippen LogP contribution in [0.4, 0.5) is 21.9 Å². The van der Waals surface area contributed by atoms with E-state index in [2.05, 4.69) is 30.5 Å². The standard InChI is InChI=1S/C24H31N3O3/c1-15(2)13-27-20-8-7-18(12-21(20)30-14-24(5,6)22(27)28)25-23(29)26-19-10-16(3)9-17(4)11-19/h7-12,15H,13-14H2,1-6H3,(H2,25,26,29). The van der Waals surface area contributed by atoms with Crippen molar-refractivity contribution in [3.05, 3.63) is 47.5 Å². The average Bonchev–Trinajstić information content (AvgIpc) is 2.71. The molecule has 0 spiro atoms. The quantitative estimate of drug-likeness (QED) is 0.715. The number of hydrogen-bond acceptors (Lipinski definition) is 3. The van der Waals surface area contributed by atoms with E-state index in [1.165, 1.54) is 0 Å². The number of anilines is 3. The first-order valence-electron chi connectivity index (χ1n) is 10.3. The molecule has 0 aliphatic carbocycles. The molecule has 1 aliphatic rings. The van der Waals surface area contributed by atoms with Gasteiger partial charge in [-0.05, 0) is 69.0 Å². The summed E-state index contributed by atoms with van der Waals surface area (Å²) < 4.78 is 5.98. The maximum atomic E-state index is 13.1. The number of nitrogens with zero attached hydrogens (tertiary/aromatic N) is 1. The molecule has 0 radical (unpaired) electrons. The van der Waals surface area contributed by atoms with Gasteiger partial charge in [-0.1, -0.05) is 19.9 Å². The average molecular weight is 410 g/mol. The summed E-state index contributed by atoms with van der Waals surface area (Å²) in [5, 5.41) is 5.72. The van der Waals surface area contributed by atoms with Gasteiger partial charge in [-0.15, -0.1) is 0 Å². The van der Waals surface area contributed by atoms with E-state index in [0.29, 0.717) is 23.9 Å². The van der Waals surface area contributed by atoms with Crippen LogP contribution in [0.15, 0.2) is 36.4 Å². The number of nitrogens with one attached hydrogen (secondary N) is 2.